The van der Waals surface area contributed by atoms with Crippen LogP contribution in [0.2, 0.25) is 0 Å². The SMILES string of the molecule is COC(=O)c1csc(C)c1S(=O)(=O)NC(=O)n1nc(OC(C)C)n(C)c1=O. The highest BCUT2D eigenvalue weighted by Gasteiger charge is 2.30. The Morgan fingerprint density at radius 2 is 1.96 bits per heavy atom. The molecule has 0 aliphatic carbocycles. The largest absolute Gasteiger partial charge is 0.465 e. The lowest BCUT2D eigenvalue weighted by atomic mass is 10.3. The van der Waals surface area contributed by atoms with Crippen molar-refractivity contribution < 1.29 is 27.5 Å². The summed E-state index contributed by atoms with van der Waals surface area (Å²) in [5.41, 5.74) is -1.11. The van der Waals surface area contributed by atoms with Gasteiger partial charge in [-0.25, -0.2) is 32.1 Å². The van der Waals surface area contributed by atoms with Gasteiger partial charge >= 0.3 is 23.7 Å². The van der Waals surface area contributed by atoms with Gasteiger partial charge in [-0.1, -0.05) is 0 Å². The molecule has 1 amide bonds. The Morgan fingerprint density at radius 1 is 1.33 bits per heavy atom. The van der Waals surface area contributed by atoms with Crippen molar-refractivity contribution in [3.05, 3.63) is 26.3 Å². The van der Waals surface area contributed by atoms with E-state index in [1.807, 2.05) is 0 Å². The van der Waals surface area contributed by atoms with Crippen LogP contribution in [0.5, 0.6) is 6.01 Å². The Labute approximate surface area is 158 Å². The predicted octanol–water partition coefficient (Wildman–Crippen LogP) is 0.472. The molecule has 2 rings (SSSR count). The lowest BCUT2D eigenvalue weighted by Crippen LogP contribution is -2.40. The van der Waals surface area contributed by atoms with Crippen LogP contribution >= 0.6 is 11.3 Å². The van der Waals surface area contributed by atoms with Gasteiger partial charge in [0.05, 0.1) is 18.8 Å². The smallest absolute Gasteiger partial charge is 0.360 e. The molecule has 1 N–H and O–H groups in total. The summed E-state index contributed by atoms with van der Waals surface area (Å²) < 4.78 is 38.1. The average molecular weight is 418 g/mol. The van der Waals surface area contributed by atoms with Gasteiger partial charge in [-0.3, -0.25) is 0 Å². The Bertz CT molecular complexity index is 1050. The minimum Gasteiger partial charge on any atom is -0.465 e. The molecular formula is C14H18N4O7S2. The van der Waals surface area contributed by atoms with Crippen LogP contribution in [0.3, 0.4) is 0 Å². The molecule has 0 atom stereocenters. The number of esters is 1. The van der Waals surface area contributed by atoms with Crippen molar-refractivity contribution in [3.8, 4) is 6.01 Å². The molecule has 13 heteroatoms. The van der Waals surface area contributed by atoms with Gasteiger partial charge < -0.3 is 9.47 Å². The van der Waals surface area contributed by atoms with Crippen LogP contribution in [0.15, 0.2) is 15.1 Å². The number of ether oxygens (including phenoxy) is 2. The molecule has 11 nitrogen and oxygen atoms in total. The molecule has 148 valence electrons. The average Bonchev–Trinajstić information content (AvgIpc) is 3.09. The lowest BCUT2D eigenvalue weighted by Gasteiger charge is -2.08. The number of hydrogen-bond acceptors (Lipinski definition) is 9. The summed E-state index contributed by atoms with van der Waals surface area (Å²) in [5, 5.41) is 5.00. The summed E-state index contributed by atoms with van der Waals surface area (Å²) in [6.07, 6.45) is -0.318. The Balaban J connectivity index is 2.40. The van der Waals surface area contributed by atoms with Crippen LogP contribution in [-0.2, 0) is 21.8 Å². The maximum Gasteiger partial charge on any atom is 0.360 e. The molecule has 0 aliphatic heterocycles. The number of nitrogens with one attached hydrogen (secondary N) is 1. The lowest BCUT2D eigenvalue weighted by molar-refractivity contribution is 0.0597. The normalized spacial score (nSPS) is 11.5. The van der Waals surface area contributed by atoms with E-state index in [-0.39, 0.29) is 22.6 Å². The summed E-state index contributed by atoms with van der Waals surface area (Å²) in [6, 6.07) is -1.46. The van der Waals surface area contributed by atoms with Crippen molar-refractivity contribution in [1.29, 1.82) is 0 Å². The van der Waals surface area contributed by atoms with Crippen molar-refractivity contribution in [2.45, 2.75) is 31.8 Å². The zero-order valence-electron chi connectivity index (χ0n) is 15.2. The molecule has 0 bridgehead atoms. The summed E-state index contributed by atoms with van der Waals surface area (Å²) in [4.78, 5) is 36.1. The standard InChI is InChI=1S/C14H18N4O7S2/c1-7(2)25-13-15-18(14(21)17(13)4)12(20)16-27(22,23)10-8(3)26-6-9(10)11(19)24-5/h6-7H,1-5H3,(H,16,20). The van der Waals surface area contributed by atoms with Crippen LogP contribution in [-0.4, -0.2) is 48.0 Å². The van der Waals surface area contributed by atoms with Crippen LogP contribution in [0.4, 0.5) is 4.79 Å². The van der Waals surface area contributed by atoms with E-state index in [4.69, 9.17) is 4.74 Å². The number of thiophene rings is 1. The second-order valence-electron chi connectivity index (χ2n) is 5.64. The second kappa shape index (κ2) is 7.52. The third-order valence-electron chi connectivity index (χ3n) is 3.29. The van der Waals surface area contributed by atoms with Crippen molar-refractivity contribution in [1.82, 2.24) is 19.1 Å². The summed E-state index contributed by atoms with van der Waals surface area (Å²) in [7, 11) is -2.04. The van der Waals surface area contributed by atoms with E-state index in [9.17, 15) is 22.8 Å². The van der Waals surface area contributed by atoms with E-state index in [2.05, 4.69) is 9.84 Å². The monoisotopic (exact) mass is 418 g/mol. The molecule has 0 saturated carbocycles. The summed E-state index contributed by atoms with van der Waals surface area (Å²) in [6.45, 7) is 4.86. The minimum absolute atomic E-state index is 0.149. The van der Waals surface area contributed by atoms with E-state index in [1.54, 1.807) is 18.6 Å². The zero-order valence-corrected chi connectivity index (χ0v) is 16.8. The molecule has 0 radical (unpaired) electrons. The molecule has 2 aromatic heterocycles. The third kappa shape index (κ3) is 4.03. The fourth-order valence-electron chi connectivity index (χ4n) is 2.10. The zero-order chi connectivity index (χ0) is 20.5. The van der Waals surface area contributed by atoms with Crippen LogP contribution in [0, 0.1) is 6.92 Å². The number of rotatable bonds is 5. The number of methoxy groups -OCH3 is 1. The van der Waals surface area contributed by atoms with E-state index < -0.39 is 32.6 Å². The van der Waals surface area contributed by atoms with Gasteiger partial charge in [-0.15, -0.1) is 21.1 Å². The second-order valence-corrected chi connectivity index (χ2v) is 8.34. The summed E-state index contributed by atoms with van der Waals surface area (Å²) in [5.74, 6) is -0.866. The van der Waals surface area contributed by atoms with Gasteiger partial charge in [-0.05, 0) is 20.8 Å². The molecule has 0 fully saturated rings. The topological polar surface area (TPSA) is 139 Å². The number of carbonyl (C=O) groups is 2. The molecule has 0 unspecified atom stereocenters. The first-order valence-electron chi connectivity index (χ1n) is 7.55. The molecule has 27 heavy (non-hydrogen) atoms. The van der Waals surface area contributed by atoms with E-state index in [1.165, 1.54) is 19.4 Å². The number of carbonyl (C=O) groups excluding carboxylic acids is 2. The number of amides is 1. The molecule has 0 aliphatic rings. The van der Waals surface area contributed by atoms with E-state index in [0.29, 0.717) is 4.68 Å². The number of aromatic nitrogens is 3. The third-order valence-corrected chi connectivity index (χ3v) is 5.84. The van der Waals surface area contributed by atoms with E-state index in [0.717, 1.165) is 23.0 Å². The maximum atomic E-state index is 12.6. The Hall–Kier alpha value is -2.67. The number of nitrogens with zero attached hydrogens (tertiary/aromatic N) is 3. The first-order chi connectivity index (χ1) is 12.5. The predicted molar refractivity (Wildman–Crippen MR) is 94.7 cm³/mol. The minimum atomic E-state index is -4.46. The van der Waals surface area contributed by atoms with Gasteiger partial charge in [0.1, 0.15) is 4.90 Å². The fraction of sp³-hybridized carbons (Fsp3) is 0.429. The number of aryl methyl sites for hydroxylation is 1. The molecule has 2 aromatic rings. The number of sulfonamides is 1. The van der Waals surface area contributed by atoms with Crippen molar-refractivity contribution in [2.75, 3.05) is 7.11 Å². The molecular weight excluding hydrogens is 400 g/mol. The van der Waals surface area contributed by atoms with Crippen LogP contribution < -0.4 is 15.1 Å². The van der Waals surface area contributed by atoms with E-state index >= 15 is 0 Å². The van der Waals surface area contributed by atoms with Gasteiger partial charge in [0.2, 0.25) is 0 Å². The van der Waals surface area contributed by atoms with Crippen molar-refractivity contribution in [2.24, 2.45) is 7.05 Å². The summed E-state index contributed by atoms with van der Waals surface area (Å²) >= 11 is 1.00. The highest BCUT2D eigenvalue weighted by molar-refractivity contribution is 7.90. The highest BCUT2D eigenvalue weighted by Crippen LogP contribution is 2.27. The molecule has 0 spiro atoms. The Kier molecular flexibility index (Phi) is 5.75. The number of hydrogen-bond donors (Lipinski definition) is 1. The van der Waals surface area contributed by atoms with Crippen molar-refractivity contribution in [3.63, 3.8) is 0 Å². The Morgan fingerprint density at radius 3 is 2.52 bits per heavy atom. The first-order valence-corrected chi connectivity index (χ1v) is 9.92. The van der Waals surface area contributed by atoms with Gasteiger partial charge in [0.25, 0.3) is 10.0 Å². The van der Waals surface area contributed by atoms with Gasteiger partial charge in [0, 0.05) is 17.3 Å². The maximum absolute atomic E-state index is 12.6. The van der Waals surface area contributed by atoms with Crippen molar-refractivity contribution >= 4 is 33.4 Å². The van der Waals surface area contributed by atoms with Gasteiger partial charge in [-0.2, -0.15) is 0 Å². The van der Waals surface area contributed by atoms with Crippen LogP contribution in [0.1, 0.15) is 29.1 Å². The molecule has 0 aromatic carbocycles. The fourth-order valence-corrected chi connectivity index (χ4v) is 4.61. The highest BCUT2D eigenvalue weighted by atomic mass is 32.2. The van der Waals surface area contributed by atoms with Crippen LogP contribution in [0.25, 0.3) is 0 Å². The molecule has 0 saturated heterocycles. The first kappa shape index (κ1) is 20.6. The molecule has 2 heterocycles. The quantitative estimate of drug-likeness (QED) is 0.692. The van der Waals surface area contributed by atoms with Gasteiger partial charge in [0.15, 0.2) is 0 Å².